The van der Waals surface area contributed by atoms with Crippen molar-refractivity contribution >= 4 is 17.1 Å². The average molecular weight is 556 g/mol. The Bertz CT molecular complexity index is 1460. The van der Waals surface area contributed by atoms with Crippen LogP contribution >= 0.6 is 0 Å². The molecule has 0 unspecified atom stereocenters. The number of aromatic hydroxyl groups is 1. The number of phenolic OH excluding ortho intramolecular Hbond substituents is 1. The van der Waals surface area contributed by atoms with E-state index in [9.17, 15) is 9.90 Å². The van der Waals surface area contributed by atoms with Crippen LogP contribution in [0, 0.1) is 5.41 Å². The average Bonchev–Trinajstić information content (AvgIpc) is 2.96. The first-order valence-electron chi connectivity index (χ1n) is 14.4. The maximum Gasteiger partial charge on any atom is 0.316 e. The fraction of sp³-hybridized carbons (Fsp3) is 0.382. The molecule has 0 saturated carbocycles. The second kappa shape index (κ2) is 11.1. The van der Waals surface area contributed by atoms with E-state index in [4.69, 9.17) is 18.9 Å². The number of ether oxygens (including phenoxy) is 4. The van der Waals surface area contributed by atoms with E-state index in [2.05, 4.69) is 4.90 Å². The third-order valence-corrected chi connectivity index (χ3v) is 7.87. The van der Waals surface area contributed by atoms with Crippen molar-refractivity contribution in [3.05, 3.63) is 77.4 Å². The van der Waals surface area contributed by atoms with Crippen LogP contribution in [-0.2, 0) is 4.79 Å². The van der Waals surface area contributed by atoms with Crippen LogP contribution in [0.2, 0.25) is 0 Å². The molecular formula is C34H37NO6. The van der Waals surface area contributed by atoms with Gasteiger partial charge in [0, 0.05) is 41.0 Å². The Kier molecular flexibility index (Phi) is 7.39. The SMILES string of the molecule is CC(C)(C)C(=O)Oc1ccc2c(c1)O[C@@H](c1ccc(OCCN3CCCCC3)cc1)C1=C2COc2cc(O)ccc21. The number of benzene rings is 3. The van der Waals surface area contributed by atoms with E-state index in [1.807, 2.05) is 57.2 Å². The second-order valence-corrected chi connectivity index (χ2v) is 12.0. The quantitative estimate of drug-likeness (QED) is 0.270. The predicted molar refractivity (Wildman–Crippen MR) is 158 cm³/mol. The molecule has 7 heteroatoms. The van der Waals surface area contributed by atoms with Gasteiger partial charge >= 0.3 is 5.97 Å². The number of piperidine rings is 1. The topological polar surface area (TPSA) is 77.5 Å². The molecule has 3 heterocycles. The van der Waals surface area contributed by atoms with Gasteiger partial charge in [-0.15, -0.1) is 0 Å². The molecule has 214 valence electrons. The van der Waals surface area contributed by atoms with E-state index < -0.39 is 11.5 Å². The van der Waals surface area contributed by atoms with Gasteiger partial charge in [-0.25, -0.2) is 0 Å². The van der Waals surface area contributed by atoms with Crippen LogP contribution in [0.25, 0.3) is 11.1 Å². The fourth-order valence-corrected chi connectivity index (χ4v) is 5.57. The highest BCUT2D eigenvalue weighted by Crippen LogP contribution is 2.52. The van der Waals surface area contributed by atoms with Crippen LogP contribution in [0.1, 0.15) is 62.8 Å². The molecule has 1 atom stereocenters. The summed E-state index contributed by atoms with van der Waals surface area (Å²) in [7, 11) is 0. The van der Waals surface area contributed by atoms with E-state index in [1.54, 1.807) is 24.3 Å². The summed E-state index contributed by atoms with van der Waals surface area (Å²) in [5.41, 5.74) is 4.11. The molecule has 1 saturated heterocycles. The van der Waals surface area contributed by atoms with Crippen molar-refractivity contribution in [3.8, 4) is 28.7 Å². The molecular weight excluding hydrogens is 518 g/mol. The molecule has 3 aromatic rings. The van der Waals surface area contributed by atoms with Crippen molar-refractivity contribution < 1.29 is 28.8 Å². The minimum absolute atomic E-state index is 0.151. The van der Waals surface area contributed by atoms with Crippen LogP contribution < -0.4 is 18.9 Å². The third-order valence-electron chi connectivity index (χ3n) is 7.87. The van der Waals surface area contributed by atoms with Gasteiger partial charge in [-0.3, -0.25) is 9.69 Å². The van der Waals surface area contributed by atoms with Crippen molar-refractivity contribution in [2.24, 2.45) is 5.41 Å². The third kappa shape index (κ3) is 5.77. The second-order valence-electron chi connectivity index (χ2n) is 12.0. The summed E-state index contributed by atoms with van der Waals surface area (Å²) in [6, 6.07) is 18.7. The number of esters is 1. The molecule has 1 fully saturated rings. The van der Waals surface area contributed by atoms with Gasteiger partial charge in [0.1, 0.15) is 42.0 Å². The molecule has 0 radical (unpaired) electrons. The monoisotopic (exact) mass is 555 g/mol. The lowest BCUT2D eigenvalue weighted by atomic mass is 9.84. The van der Waals surface area contributed by atoms with E-state index in [0.29, 0.717) is 30.5 Å². The highest BCUT2D eigenvalue weighted by molar-refractivity contribution is 5.99. The number of hydrogen-bond acceptors (Lipinski definition) is 7. The number of phenols is 1. The van der Waals surface area contributed by atoms with Crippen LogP contribution in [0.4, 0.5) is 0 Å². The van der Waals surface area contributed by atoms with Crippen molar-refractivity contribution in [1.82, 2.24) is 4.90 Å². The van der Waals surface area contributed by atoms with E-state index in [0.717, 1.165) is 53.2 Å². The Labute approximate surface area is 241 Å². The summed E-state index contributed by atoms with van der Waals surface area (Å²) in [5, 5.41) is 10.1. The molecule has 0 bridgehead atoms. The number of carbonyl (C=O) groups is 1. The van der Waals surface area contributed by atoms with Gasteiger partial charge in [0.05, 0.1) is 5.41 Å². The Balaban J connectivity index is 1.30. The normalized spacial score (nSPS) is 18.4. The Morgan fingerprint density at radius 3 is 2.41 bits per heavy atom. The first-order chi connectivity index (χ1) is 19.8. The van der Waals surface area contributed by atoms with Gasteiger partial charge in [-0.05, 0) is 88.7 Å². The van der Waals surface area contributed by atoms with Gasteiger partial charge in [0.2, 0.25) is 0 Å². The Morgan fingerprint density at radius 1 is 0.927 bits per heavy atom. The van der Waals surface area contributed by atoms with Gasteiger partial charge < -0.3 is 24.1 Å². The molecule has 0 aromatic heterocycles. The Hall–Kier alpha value is -3.97. The fourth-order valence-electron chi connectivity index (χ4n) is 5.57. The molecule has 0 amide bonds. The minimum atomic E-state index is -0.626. The van der Waals surface area contributed by atoms with E-state index in [1.165, 1.54) is 19.3 Å². The number of fused-ring (bicyclic) bond motifs is 4. The summed E-state index contributed by atoms with van der Waals surface area (Å²) in [6.07, 6.45) is 3.43. The van der Waals surface area contributed by atoms with Crippen molar-refractivity contribution in [1.29, 1.82) is 0 Å². The lowest BCUT2D eigenvalue weighted by molar-refractivity contribution is -0.143. The van der Waals surface area contributed by atoms with Gasteiger partial charge in [0.15, 0.2) is 6.10 Å². The van der Waals surface area contributed by atoms with Crippen LogP contribution in [-0.4, -0.2) is 48.8 Å². The van der Waals surface area contributed by atoms with E-state index in [-0.39, 0.29) is 11.7 Å². The molecule has 0 aliphatic carbocycles. The zero-order chi connectivity index (χ0) is 28.6. The molecule has 7 nitrogen and oxygen atoms in total. The van der Waals surface area contributed by atoms with Crippen molar-refractivity contribution in [2.45, 2.75) is 46.1 Å². The predicted octanol–water partition coefficient (Wildman–Crippen LogP) is 6.65. The molecule has 3 aliphatic rings. The zero-order valence-electron chi connectivity index (χ0n) is 23.9. The smallest absolute Gasteiger partial charge is 0.316 e. The summed E-state index contributed by atoms with van der Waals surface area (Å²) in [4.78, 5) is 15.0. The number of hydrogen-bond donors (Lipinski definition) is 1. The summed E-state index contributed by atoms with van der Waals surface area (Å²) < 4.78 is 24.5. The minimum Gasteiger partial charge on any atom is -0.508 e. The molecule has 0 spiro atoms. The molecule has 1 N–H and O–H groups in total. The van der Waals surface area contributed by atoms with Gasteiger partial charge in [-0.1, -0.05) is 18.6 Å². The number of rotatable bonds is 6. The van der Waals surface area contributed by atoms with Crippen LogP contribution in [0.3, 0.4) is 0 Å². The Morgan fingerprint density at radius 2 is 1.66 bits per heavy atom. The largest absolute Gasteiger partial charge is 0.508 e. The summed E-state index contributed by atoms with van der Waals surface area (Å²) >= 11 is 0. The van der Waals surface area contributed by atoms with Gasteiger partial charge in [0.25, 0.3) is 0 Å². The highest BCUT2D eigenvalue weighted by atomic mass is 16.5. The zero-order valence-corrected chi connectivity index (χ0v) is 23.9. The number of likely N-dealkylation sites (tertiary alicyclic amines) is 1. The highest BCUT2D eigenvalue weighted by Gasteiger charge is 2.36. The maximum absolute atomic E-state index is 12.6. The lowest BCUT2D eigenvalue weighted by Gasteiger charge is -2.35. The molecule has 41 heavy (non-hydrogen) atoms. The number of carbonyl (C=O) groups excluding carboxylic acids is 1. The molecule has 3 aliphatic heterocycles. The summed E-state index contributed by atoms with van der Waals surface area (Å²) in [6.45, 7) is 9.71. The van der Waals surface area contributed by atoms with Crippen LogP contribution in [0.5, 0.6) is 28.7 Å². The van der Waals surface area contributed by atoms with Gasteiger partial charge in [-0.2, -0.15) is 0 Å². The molecule has 3 aromatic carbocycles. The van der Waals surface area contributed by atoms with Crippen LogP contribution in [0.15, 0.2) is 60.7 Å². The first-order valence-corrected chi connectivity index (χ1v) is 14.4. The summed E-state index contributed by atoms with van der Waals surface area (Å²) in [5.74, 6) is 2.35. The first kappa shape index (κ1) is 27.2. The maximum atomic E-state index is 12.6. The molecule has 6 rings (SSSR count). The lowest BCUT2D eigenvalue weighted by Crippen LogP contribution is -2.33. The van der Waals surface area contributed by atoms with Crippen molar-refractivity contribution in [3.63, 3.8) is 0 Å². The van der Waals surface area contributed by atoms with E-state index >= 15 is 0 Å². The van der Waals surface area contributed by atoms with Crippen molar-refractivity contribution in [2.75, 3.05) is 32.8 Å². The standard InChI is InChI=1S/C34H37NO6/c1-34(2,3)33(37)40-25-12-14-26-28-21-39-29-19-23(36)9-13-27(29)31(28)32(41-30(26)20-25)22-7-10-24(11-8-22)38-18-17-35-15-5-4-6-16-35/h7-14,19-20,32,36H,4-6,15-18,21H2,1-3H3/t32-/m0/s1. The number of nitrogens with zero attached hydrogens (tertiary/aromatic N) is 1.